The monoisotopic (exact) mass is 343 g/mol. The Bertz CT molecular complexity index is 720. The molecule has 1 aromatic carbocycles. The van der Waals surface area contributed by atoms with Crippen molar-refractivity contribution in [3.63, 3.8) is 0 Å². The van der Waals surface area contributed by atoms with Gasteiger partial charge in [0.25, 0.3) is 5.91 Å². The summed E-state index contributed by atoms with van der Waals surface area (Å²) in [5.41, 5.74) is 6.35. The number of ketones is 1. The van der Waals surface area contributed by atoms with Crippen LogP contribution in [-0.2, 0) is 14.4 Å². The molecule has 1 aromatic rings. The molecule has 2 N–H and O–H groups in total. The third kappa shape index (κ3) is 3.32. The van der Waals surface area contributed by atoms with Crippen molar-refractivity contribution in [3.05, 3.63) is 29.8 Å². The van der Waals surface area contributed by atoms with Crippen LogP contribution in [0.15, 0.2) is 24.3 Å². The van der Waals surface area contributed by atoms with E-state index in [-0.39, 0.29) is 35.8 Å². The van der Waals surface area contributed by atoms with Gasteiger partial charge in [0.05, 0.1) is 18.2 Å². The van der Waals surface area contributed by atoms with Crippen LogP contribution in [0.4, 0.5) is 5.69 Å². The van der Waals surface area contributed by atoms with Crippen LogP contribution in [0.2, 0.25) is 0 Å². The zero-order valence-corrected chi connectivity index (χ0v) is 14.1. The molecule has 3 rings (SSSR count). The summed E-state index contributed by atoms with van der Waals surface area (Å²) >= 11 is 0. The normalized spacial score (nSPS) is 22.4. The highest BCUT2D eigenvalue weighted by molar-refractivity contribution is 6.22. The molecule has 2 fully saturated rings. The number of hydrogen-bond acceptors (Lipinski definition) is 5. The molecule has 2 saturated heterocycles. The summed E-state index contributed by atoms with van der Waals surface area (Å²) in [4.78, 5) is 50.9. The maximum atomic E-state index is 12.8. The van der Waals surface area contributed by atoms with E-state index in [1.807, 2.05) is 4.90 Å². The van der Waals surface area contributed by atoms with Crippen molar-refractivity contribution in [3.8, 4) is 0 Å². The molecule has 0 saturated carbocycles. The zero-order valence-electron chi connectivity index (χ0n) is 14.1. The van der Waals surface area contributed by atoms with Crippen molar-refractivity contribution >= 4 is 29.2 Å². The van der Waals surface area contributed by atoms with Crippen molar-refractivity contribution in [2.45, 2.75) is 32.2 Å². The van der Waals surface area contributed by atoms with E-state index in [0.29, 0.717) is 37.2 Å². The summed E-state index contributed by atoms with van der Waals surface area (Å²) in [6.45, 7) is 2.62. The van der Waals surface area contributed by atoms with E-state index in [9.17, 15) is 19.2 Å². The van der Waals surface area contributed by atoms with Gasteiger partial charge in [-0.15, -0.1) is 0 Å². The maximum absolute atomic E-state index is 12.8. The maximum Gasteiger partial charge on any atom is 0.251 e. The number of piperidine rings is 1. The number of hydrogen-bond donors (Lipinski definition) is 1. The fourth-order valence-corrected chi connectivity index (χ4v) is 3.51. The number of nitrogens with two attached hydrogens (primary N) is 1. The van der Waals surface area contributed by atoms with Gasteiger partial charge < -0.3 is 5.73 Å². The summed E-state index contributed by atoms with van der Waals surface area (Å²) in [5, 5.41) is 0. The van der Waals surface area contributed by atoms with Crippen LogP contribution in [-0.4, -0.2) is 47.5 Å². The second-order valence-corrected chi connectivity index (χ2v) is 6.60. The van der Waals surface area contributed by atoms with Crippen LogP contribution in [0.5, 0.6) is 0 Å². The largest absolute Gasteiger partial charge is 0.369 e. The van der Waals surface area contributed by atoms with Crippen LogP contribution >= 0.6 is 0 Å². The Hall–Kier alpha value is -2.54. The van der Waals surface area contributed by atoms with Gasteiger partial charge in [0.1, 0.15) is 0 Å². The molecule has 2 aliphatic heterocycles. The van der Waals surface area contributed by atoms with Crippen LogP contribution < -0.4 is 10.6 Å². The number of anilines is 1. The van der Waals surface area contributed by atoms with Gasteiger partial charge >= 0.3 is 0 Å². The second kappa shape index (κ2) is 6.76. The fraction of sp³-hybridized carbons (Fsp3) is 0.444. The molecule has 3 amide bonds. The highest BCUT2D eigenvalue weighted by Gasteiger charge is 2.43. The molecule has 0 aromatic heterocycles. The molecule has 7 heteroatoms. The number of carbonyl (C=O) groups is 4. The first-order chi connectivity index (χ1) is 11.9. The van der Waals surface area contributed by atoms with E-state index in [4.69, 9.17) is 5.73 Å². The Morgan fingerprint density at radius 3 is 2.20 bits per heavy atom. The lowest BCUT2D eigenvalue weighted by atomic mass is 9.95. The first-order valence-electron chi connectivity index (χ1n) is 8.39. The summed E-state index contributed by atoms with van der Waals surface area (Å²) in [5.74, 6) is -1.03. The van der Waals surface area contributed by atoms with E-state index in [0.717, 1.165) is 0 Å². The number of imide groups is 1. The minimum absolute atomic E-state index is 0.0687. The Morgan fingerprint density at radius 1 is 1.08 bits per heavy atom. The predicted molar refractivity (Wildman–Crippen MR) is 90.8 cm³/mol. The number of benzene rings is 1. The molecule has 0 unspecified atom stereocenters. The van der Waals surface area contributed by atoms with Crippen LogP contribution in [0.25, 0.3) is 0 Å². The molecule has 2 aliphatic rings. The Balaban J connectivity index is 1.72. The van der Waals surface area contributed by atoms with Crippen molar-refractivity contribution in [2.24, 2.45) is 11.7 Å². The molecule has 0 radical (unpaired) electrons. The summed E-state index contributed by atoms with van der Waals surface area (Å²) in [6, 6.07) is 5.98. The topological polar surface area (TPSA) is 101 Å². The lowest BCUT2D eigenvalue weighted by Gasteiger charge is -2.33. The number of rotatable bonds is 4. The smallest absolute Gasteiger partial charge is 0.251 e. The van der Waals surface area contributed by atoms with Crippen molar-refractivity contribution in [1.29, 1.82) is 0 Å². The average Bonchev–Trinajstić information content (AvgIpc) is 2.89. The van der Waals surface area contributed by atoms with Gasteiger partial charge in [0.2, 0.25) is 11.8 Å². The fourth-order valence-electron chi connectivity index (χ4n) is 3.51. The third-order valence-electron chi connectivity index (χ3n) is 5.03. The first kappa shape index (κ1) is 17.3. The van der Waals surface area contributed by atoms with Gasteiger partial charge in [0, 0.05) is 11.5 Å². The highest BCUT2D eigenvalue weighted by atomic mass is 16.2. The molecule has 7 nitrogen and oxygen atoms in total. The molecule has 0 bridgehead atoms. The van der Waals surface area contributed by atoms with Crippen LogP contribution in [0.3, 0.4) is 0 Å². The highest BCUT2D eigenvalue weighted by Crippen LogP contribution is 2.28. The quantitative estimate of drug-likeness (QED) is 0.641. The number of carbonyl (C=O) groups excluding carboxylic acids is 4. The minimum Gasteiger partial charge on any atom is -0.369 e. The van der Waals surface area contributed by atoms with Gasteiger partial charge in [-0.1, -0.05) is 0 Å². The first-order valence-corrected chi connectivity index (χ1v) is 8.39. The molecule has 0 aliphatic carbocycles. The Morgan fingerprint density at radius 2 is 1.68 bits per heavy atom. The summed E-state index contributed by atoms with van der Waals surface area (Å²) in [6.07, 6.45) is 1.36. The predicted octanol–water partition coefficient (Wildman–Crippen LogP) is 0.718. The van der Waals surface area contributed by atoms with Crippen molar-refractivity contribution in [2.75, 3.05) is 18.0 Å². The lowest BCUT2D eigenvalue weighted by Crippen LogP contribution is -2.47. The summed E-state index contributed by atoms with van der Waals surface area (Å²) in [7, 11) is 0. The summed E-state index contributed by atoms with van der Waals surface area (Å²) < 4.78 is 0. The Kier molecular flexibility index (Phi) is 4.67. The van der Waals surface area contributed by atoms with Gasteiger partial charge in [0.15, 0.2) is 5.78 Å². The van der Waals surface area contributed by atoms with Gasteiger partial charge in [-0.2, -0.15) is 0 Å². The number of amides is 3. The van der Waals surface area contributed by atoms with E-state index in [1.165, 1.54) is 11.8 Å². The number of likely N-dealkylation sites (tertiary alicyclic amines) is 1. The van der Waals surface area contributed by atoms with Crippen molar-refractivity contribution in [1.82, 2.24) is 4.90 Å². The van der Waals surface area contributed by atoms with E-state index in [2.05, 4.69) is 0 Å². The standard InChI is InChI=1S/C18H21N3O4/c1-11(22)12-2-4-14(5-3-12)21-16(23)10-15(18(21)25)20-8-6-13(7-9-20)17(19)24/h2-5,13,15H,6-10H2,1H3,(H2,19,24)/t15-/m0/s1. The van der Waals surface area contributed by atoms with Crippen molar-refractivity contribution < 1.29 is 19.2 Å². The molecular formula is C18H21N3O4. The number of nitrogens with zero attached hydrogens (tertiary/aromatic N) is 2. The minimum atomic E-state index is -0.492. The SMILES string of the molecule is CC(=O)c1ccc(N2C(=O)C[C@H](N3CCC(C(N)=O)CC3)C2=O)cc1. The zero-order chi connectivity index (χ0) is 18.1. The molecule has 0 spiro atoms. The number of Topliss-reactive ketones (excluding diaryl/α,β-unsaturated/α-hetero) is 1. The van der Waals surface area contributed by atoms with E-state index in [1.54, 1.807) is 24.3 Å². The van der Waals surface area contributed by atoms with Crippen LogP contribution in [0, 0.1) is 5.92 Å². The molecule has 2 heterocycles. The van der Waals surface area contributed by atoms with Gasteiger partial charge in [-0.05, 0) is 57.1 Å². The molecule has 132 valence electrons. The second-order valence-electron chi connectivity index (χ2n) is 6.60. The number of primary amides is 1. The molecule has 25 heavy (non-hydrogen) atoms. The van der Waals surface area contributed by atoms with Gasteiger partial charge in [-0.25, -0.2) is 4.90 Å². The van der Waals surface area contributed by atoms with Crippen LogP contribution in [0.1, 0.15) is 36.5 Å². The molecule has 1 atom stereocenters. The Labute approximate surface area is 145 Å². The average molecular weight is 343 g/mol. The van der Waals surface area contributed by atoms with E-state index >= 15 is 0 Å². The third-order valence-corrected chi connectivity index (χ3v) is 5.03. The van der Waals surface area contributed by atoms with E-state index < -0.39 is 6.04 Å². The van der Waals surface area contributed by atoms with Gasteiger partial charge in [-0.3, -0.25) is 24.1 Å². The molecular weight excluding hydrogens is 322 g/mol. The lowest BCUT2D eigenvalue weighted by molar-refractivity contribution is -0.124.